The standard InChI is InChI=1S/C20H29NO4/c1-8-17(23)25-16(11-21-12-22)13-9-14(19(2,3)4)18(24)15(10-13)20(5,6)7/h9-10,16,24H,8,11H2,1-7H3. The van der Waals surface area contributed by atoms with E-state index in [-0.39, 0.29) is 35.5 Å². The zero-order valence-corrected chi connectivity index (χ0v) is 16.3. The summed E-state index contributed by atoms with van der Waals surface area (Å²) in [5.74, 6) is -0.114. The fourth-order valence-electron chi connectivity index (χ4n) is 2.56. The van der Waals surface area contributed by atoms with E-state index in [0.717, 1.165) is 11.1 Å². The smallest absolute Gasteiger partial charge is 0.306 e. The lowest BCUT2D eigenvalue weighted by Crippen LogP contribution is -2.20. The number of esters is 1. The van der Waals surface area contributed by atoms with E-state index in [4.69, 9.17) is 4.74 Å². The number of benzene rings is 1. The highest BCUT2D eigenvalue weighted by Crippen LogP contribution is 2.41. The Kier molecular flexibility index (Phi) is 6.55. The fourth-order valence-corrected chi connectivity index (χ4v) is 2.56. The van der Waals surface area contributed by atoms with Crippen LogP contribution in [0.4, 0.5) is 0 Å². The molecule has 1 N–H and O–H groups in total. The highest BCUT2D eigenvalue weighted by Gasteiger charge is 2.29. The lowest BCUT2D eigenvalue weighted by Gasteiger charge is -2.29. The van der Waals surface area contributed by atoms with Gasteiger partial charge in [-0.05, 0) is 39.7 Å². The van der Waals surface area contributed by atoms with Crippen molar-refractivity contribution in [1.29, 1.82) is 0 Å². The van der Waals surface area contributed by atoms with E-state index in [9.17, 15) is 14.7 Å². The third kappa shape index (κ3) is 5.43. The SMILES string of the molecule is CCC(=O)OC(CN=C=O)c1cc(C(C)(C)C)c(O)c(C(C)(C)C)c1. The maximum Gasteiger partial charge on any atom is 0.306 e. The van der Waals surface area contributed by atoms with Crippen molar-refractivity contribution < 1.29 is 19.4 Å². The lowest BCUT2D eigenvalue weighted by atomic mass is 9.78. The van der Waals surface area contributed by atoms with Gasteiger partial charge in [0.1, 0.15) is 11.9 Å². The Bertz CT molecular complexity index is 639. The van der Waals surface area contributed by atoms with Crippen molar-refractivity contribution in [3.05, 3.63) is 28.8 Å². The molecule has 1 unspecified atom stereocenters. The van der Waals surface area contributed by atoms with Crippen molar-refractivity contribution in [2.75, 3.05) is 6.54 Å². The Hall–Kier alpha value is -2.13. The number of nitrogens with zero attached hydrogens (tertiary/aromatic N) is 1. The molecule has 0 spiro atoms. The molecule has 0 fully saturated rings. The molecular formula is C20H29NO4. The summed E-state index contributed by atoms with van der Waals surface area (Å²) in [5, 5.41) is 10.8. The Morgan fingerprint density at radius 1 is 1.16 bits per heavy atom. The molecule has 0 radical (unpaired) electrons. The first-order valence-electron chi connectivity index (χ1n) is 8.52. The summed E-state index contributed by atoms with van der Waals surface area (Å²) in [4.78, 5) is 25.9. The molecule has 0 aliphatic carbocycles. The number of rotatable bonds is 5. The first-order chi connectivity index (χ1) is 11.4. The van der Waals surface area contributed by atoms with Crippen LogP contribution in [0, 0.1) is 0 Å². The van der Waals surface area contributed by atoms with E-state index in [1.54, 1.807) is 6.92 Å². The van der Waals surface area contributed by atoms with E-state index in [0.29, 0.717) is 5.56 Å². The summed E-state index contributed by atoms with van der Waals surface area (Å²) in [6, 6.07) is 3.66. The summed E-state index contributed by atoms with van der Waals surface area (Å²) in [6.07, 6.45) is 1.04. The van der Waals surface area contributed by atoms with Crippen LogP contribution in [0.3, 0.4) is 0 Å². The molecule has 1 rings (SSSR count). The number of isocyanates is 1. The highest BCUT2D eigenvalue weighted by atomic mass is 16.5. The topological polar surface area (TPSA) is 76.0 Å². The summed E-state index contributed by atoms with van der Waals surface area (Å²) < 4.78 is 5.47. The third-order valence-corrected chi connectivity index (χ3v) is 4.00. The van der Waals surface area contributed by atoms with Gasteiger partial charge < -0.3 is 9.84 Å². The predicted octanol–water partition coefficient (Wildman–Crippen LogP) is 4.32. The van der Waals surface area contributed by atoms with Gasteiger partial charge in [-0.2, -0.15) is 0 Å². The molecule has 0 aliphatic rings. The Balaban J connectivity index is 3.58. The molecular weight excluding hydrogens is 318 g/mol. The summed E-state index contributed by atoms with van der Waals surface area (Å²) in [7, 11) is 0. The van der Waals surface area contributed by atoms with Gasteiger partial charge in [0, 0.05) is 6.42 Å². The van der Waals surface area contributed by atoms with E-state index in [2.05, 4.69) is 4.99 Å². The number of aromatic hydroxyl groups is 1. The number of hydrogen-bond acceptors (Lipinski definition) is 5. The predicted molar refractivity (Wildman–Crippen MR) is 97.6 cm³/mol. The van der Waals surface area contributed by atoms with E-state index >= 15 is 0 Å². The Morgan fingerprint density at radius 3 is 2.00 bits per heavy atom. The average molecular weight is 347 g/mol. The molecule has 5 heteroatoms. The highest BCUT2D eigenvalue weighted by molar-refractivity contribution is 5.69. The van der Waals surface area contributed by atoms with E-state index in [1.807, 2.05) is 53.7 Å². The average Bonchev–Trinajstić information content (AvgIpc) is 2.49. The van der Waals surface area contributed by atoms with Gasteiger partial charge in [-0.1, -0.05) is 48.5 Å². The van der Waals surface area contributed by atoms with E-state index < -0.39 is 6.10 Å². The van der Waals surface area contributed by atoms with Gasteiger partial charge in [-0.25, -0.2) is 9.79 Å². The van der Waals surface area contributed by atoms with Crippen LogP contribution >= 0.6 is 0 Å². The number of phenolic OH excluding ortho intramolecular Hbond substituents is 1. The van der Waals surface area contributed by atoms with Gasteiger partial charge in [0.15, 0.2) is 0 Å². The molecule has 5 nitrogen and oxygen atoms in total. The third-order valence-electron chi connectivity index (χ3n) is 4.00. The van der Waals surface area contributed by atoms with Crippen LogP contribution in [-0.4, -0.2) is 23.7 Å². The minimum atomic E-state index is -0.684. The molecule has 138 valence electrons. The fraction of sp³-hybridized carbons (Fsp3) is 0.600. The van der Waals surface area contributed by atoms with Gasteiger partial charge in [0.25, 0.3) is 0 Å². The molecule has 1 atom stereocenters. The number of carbonyl (C=O) groups is 1. The van der Waals surface area contributed by atoms with Crippen LogP contribution in [0.5, 0.6) is 5.75 Å². The molecule has 1 aromatic carbocycles. The second-order valence-corrected chi connectivity index (χ2v) is 8.23. The van der Waals surface area contributed by atoms with Crippen LogP contribution in [-0.2, 0) is 25.2 Å². The molecule has 0 aromatic heterocycles. The normalized spacial score (nSPS) is 13.1. The zero-order valence-electron chi connectivity index (χ0n) is 16.3. The first kappa shape index (κ1) is 20.9. The number of aliphatic imine (C=N–C) groups is 1. The lowest BCUT2D eigenvalue weighted by molar-refractivity contribution is -0.148. The molecule has 0 aliphatic heterocycles. The molecule has 0 bridgehead atoms. The monoisotopic (exact) mass is 347 g/mol. The second kappa shape index (κ2) is 7.83. The van der Waals surface area contributed by atoms with Gasteiger partial charge in [-0.3, -0.25) is 4.79 Å². The van der Waals surface area contributed by atoms with Gasteiger partial charge in [0.05, 0.1) is 6.54 Å². The van der Waals surface area contributed by atoms with Gasteiger partial charge in [0.2, 0.25) is 6.08 Å². The van der Waals surface area contributed by atoms with Crippen LogP contribution in [0.2, 0.25) is 0 Å². The number of phenols is 1. The molecule has 0 saturated carbocycles. The maximum absolute atomic E-state index is 11.8. The molecule has 0 saturated heterocycles. The van der Waals surface area contributed by atoms with E-state index in [1.165, 1.54) is 6.08 Å². The van der Waals surface area contributed by atoms with Crippen molar-refractivity contribution >= 4 is 12.0 Å². The van der Waals surface area contributed by atoms with Crippen LogP contribution in [0.1, 0.15) is 77.7 Å². The Labute approximate surface area is 150 Å². The van der Waals surface area contributed by atoms with Crippen molar-refractivity contribution in [3.8, 4) is 5.75 Å². The van der Waals surface area contributed by atoms with Crippen molar-refractivity contribution in [2.45, 2.75) is 71.8 Å². The molecule has 0 heterocycles. The first-order valence-corrected chi connectivity index (χ1v) is 8.52. The molecule has 25 heavy (non-hydrogen) atoms. The van der Waals surface area contributed by atoms with Crippen molar-refractivity contribution in [2.24, 2.45) is 4.99 Å². The minimum absolute atomic E-state index is 0.00712. The van der Waals surface area contributed by atoms with Crippen LogP contribution in [0.15, 0.2) is 17.1 Å². The number of hydrogen-bond donors (Lipinski definition) is 1. The van der Waals surface area contributed by atoms with Gasteiger partial charge >= 0.3 is 5.97 Å². The van der Waals surface area contributed by atoms with Gasteiger partial charge in [-0.15, -0.1) is 0 Å². The Morgan fingerprint density at radius 2 is 1.64 bits per heavy atom. The summed E-state index contributed by atoms with van der Waals surface area (Å²) in [6.45, 7) is 13.8. The summed E-state index contributed by atoms with van der Waals surface area (Å²) in [5.41, 5.74) is 1.65. The molecule has 1 aromatic rings. The van der Waals surface area contributed by atoms with Crippen LogP contribution in [0.25, 0.3) is 0 Å². The quantitative estimate of drug-likeness (QED) is 0.489. The summed E-state index contributed by atoms with van der Waals surface area (Å²) >= 11 is 0. The largest absolute Gasteiger partial charge is 0.507 e. The molecule has 0 amide bonds. The second-order valence-electron chi connectivity index (χ2n) is 8.23. The van der Waals surface area contributed by atoms with Crippen LogP contribution < -0.4 is 0 Å². The van der Waals surface area contributed by atoms with Crippen molar-refractivity contribution in [3.63, 3.8) is 0 Å². The zero-order chi connectivity index (χ0) is 19.4. The number of ether oxygens (including phenoxy) is 1. The van der Waals surface area contributed by atoms with Crippen molar-refractivity contribution in [1.82, 2.24) is 0 Å². The maximum atomic E-state index is 11.8. The number of carbonyl (C=O) groups excluding carboxylic acids is 2. The minimum Gasteiger partial charge on any atom is -0.507 e.